The van der Waals surface area contributed by atoms with Gasteiger partial charge in [0.2, 0.25) is 0 Å². The second kappa shape index (κ2) is 3.14. The Balaban J connectivity index is 3.05. The number of aryl methyl sites for hydroxylation is 1. The minimum absolute atomic E-state index is 0.289. The Hall–Kier alpha value is -1.38. The fourth-order valence-electron chi connectivity index (χ4n) is 0.756. The van der Waals surface area contributed by atoms with Crippen molar-refractivity contribution in [2.45, 2.75) is 6.92 Å². The summed E-state index contributed by atoms with van der Waals surface area (Å²) in [5.41, 5.74) is 1.13. The fourth-order valence-corrected chi connectivity index (χ4v) is 0.756. The quantitative estimate of drug-likeness (QED) is 0.373. The lowest BCUT2D eigenvalue weighted by molar-refractivity contribution is 0.322. The molecular weight excluding hydrogens is 145 g/mol. The van der Waals surface area contributed by atoms with Crippen LogP contribution in [0.25, 0.3) is 0 Å². The number of hydrogen-bond donors (Lipinski definition) is 1. The number of hydrogen-bond acceptors (Lipinski definition) is 2. The predicted octanol–water partition coefficient (Wildman–Crippen LogP) is 1.94. The van der Waals surface area contributed by atoms with Crippen LogP contribution in [0.1, 0.15) is 11.1 Å². The Morgan fingerprint density at radius 2 is 2.27 bits per heavy atom. The van der Waals surface area contributed by atoms with E-state index in [4.69, 9.17) is 5.21 Å². The first-order valence-corrected chi connectivity index (χ1v) is 3.17. The van der Waals surface area contributed by atoms with Gasteiger partial charge < -0.3 is 5.21 Å². The second-order valence-electron chi connectivity index (χ2n) is 2.25. The molecule has 1 aromatic rings. The van der Waals surface area contributed by atoms with Crippen molar-refractivity contribution in [1.29, 1.82) is 0 Å². The van der Waals surface area contributed by atoms with E-state index in [2.05, 4.69) is 5.16 Å². The maximum atomic E-state index is 12.8. The first-order valence-electron chi connectivity index (χ1n) is 3.17. The zero-order chi connectivity index (χ0) is 8.27. The molecule has 0 fully saturated rings. The zero-order valence-electron chi connectivity index (χ0n) is 6.08. The molecule has 0 bridgehead atoms. The van der Waals surface area contributed by atoms with Crippen molar-refractivity contribution in [3.05, 3.63) is 35.1 Å². The molecule has 0 aromatic heterocycles. The predicted molar refractivity (Wildman–Crippen MR) is 40.5 cm³/mol. The molecule has 11 heavy (non-hydrogen) atoms. The van der Waals surface area contributed by atoms with Crippen LogP contribution < -0.4 is 0 Å². The molecule has 0 aliphatic carbocycles. The molecule has 0 atom stereocenters. The largest absolute Gasteiger partial charge is 0.411 e. The lowest BCUT2D eigenvalue weighted by atomic mass is 10.1. The number of nitrogens with zero attached hydrogens (tertiary/aromatic N) is 1. The van der Waals surface area contributed by atoms with Gasteiger partial charge in [-0.1, -0.05) is 17.3 Å². The number of rotatable bonds is 1. The summed E-state index contributed by atoms with van der Waals surface area (Å²) >= 11 is 0. The summed E-state index contributed by atoms with van der Waals surface area (Å²) in [5, 5.41) is 10.9. The van der Waals surface area contributed by atoms with Crippen LogP contribution in [0.5, 0.6) is 0 Å². The highest BCUT2D eigenvalue weighted by molar-refractivity contribution is 5.79. The van der Waals surface area contributed by atoms with Gasteiger partial charge in [0.1, 0.15) is 5.82 Å². The van der Waals surface area contributed by atoms with Crippen molar-refractivity contribution in [2.24, 2.45) is 5.16 Å². The van der Waals surface area contributed by atoms with Crippen LogP contribution in [0, 0.1) is 12.7 Å². The minimum atomic E-state index is -0.289. The normalized spacial score (nSPS) is 10.7. The van der Waals surface area contributed by atoms with Gasteiger partial charge in [-0.05, 0) is 24.1 Å². The number of benzene rings is 1. The van der Waals surface area contributed by atoms with Crippen molar-refractivity contribution < 1.29 is 9.60 Å². The summed E-state index contributed by atoms with van der Waals surface area (Å²) in [7, 11) is 0. The van der Waals surface area contributed by atoms with E-state index >= 15 is 0 Å². The standard InChI is InChI=1S/C8H8FNO/c1-6-2-3-7(5-10-11)4-8(6)9/h2-5,11H,1H3/b10-5-. The first-order chi connectivity index (χ1) is 5.24. The zero-order valence-corrected chi connectivity index (χ0v) is 6.08. The summed E-state index contributed by atoms with van der Waals surface area (Å²) in [6, 6.07) is 4.62. The maximum Gasteiger partial charge on any atom is 0.126 e. The van der Waals surface area contributed by atoms with Gasteiger partial charge in [0, 0.05) is 0 Å². The average Bonchev–Trinajstić information content (AvgIpc) is 1.98. The molecule has 0 radical (unpaired) electrons. The van der Waals surface area contributed by atoms with E-state index in [-0.39, 0.29) is 5.82 Å². The summed E-state index contributed by atoms with van der Waals surface area (Å²) in [6.45, 7) is 1.68. The molecule has 0 unspecified atom stereocenters. The van der Waals surface area contributed by atoms with Gasteiger partial charge in [-0.25, -0.2) is 4.39 Å². The molecular formula is C8H8FNO. The molecule has 3 heteroatoms. The van der Waals surface area contributed by atoms with Gasteiger partial charge in [0.05, 0.1) is 6.21 Å². The molecule has 0 heterocycles. The van der Waals surface area contributed by atoms with Crippen LogP contribution >= 0.6 is 0 Å². The van der Waals surface area contributed by atoms with Gasteiger partial charge >= 0.3 is 0 Å². The number of halogens is 1. The van der Waals surface area contributed by atoms with E-state index in [1.807, 2.05) is 0 Å². The number of oxime groups is 1. The van der Waals surface area contributed by atoms with E-state index in [0.29, 0.717) is 11.1 Å². The smallest absolute Gasteiger partial charge is 0.126 e. The molecule has 0 aliphatic heterocycles. The van der Waals surface area contributed by atoms with E-state index in [9.17, 15) is 4.39 Å². The Morgan fingerprint density at radius 3 is 2.82 bits per heavy atom. The van der Waals surface area contributed by atoms with E-state index in [1.54, 1.807) is 19.1 Å². The van der Waals surface area contributed by atoms with Gasteiger partial charge in [0.15, 0.2) is 0 Å². The third kappa shape index (κ3) is 1.77. The molecule has 58 valence electrons. The third-order valence-electron chi connectivity index (χ3n) is 1.40. The summed E-state index contributed by atoms with van der Waals surface area (Å²) in [4.78, 5) is 0. The van der Waals surface area contributed by atoms with E-state index in [1.165, 1.54) is 12.3 Å². The van der Waals surface area contributed by atoms with Gasteiger partial charge in [-0.2, -0.15) is 0 Å². The topological polar surface area (TPSA) is 32.6 Å². The lowest BCUT2D eigenvalue weighted by Gasteiger charge is -1.95. The summed E-state index contributed by atoms with van der Waals surface area (Å²) in [5.74, 6) is -0.289. The fraction of sp³-hybridized carbons (Fsp3) is 0.125. The van der Waals surface area contributed by atoms with E-state index in [0.717, 1.165) is 0 Å². The molecule has 2 nitrogen and oxygen atoms in total. The van der Waals surface area contributed by atoms with Crippen molar-refractivity contribution in [3.63, 3.8) is 0 Å². The van der Waals surface area contributed by atoms with Gasteiger partial charge in [0.25, 0.3) is 0 Å². The Labute approximate surface area is 64.0 Å². The monoisotopic (exact) mass is 153 g/mol. The molecule has 0 saturated carbocycles. The molecule has 0 amide bonds. The van der Waals surface area contributed by atoms with E-state index < -0.39 is 0 Å². The lowest BCUT2D eigenvalue weighted by Crippen LogP contribution is -1.86. The molecule has 1 rings (SSSR count). The van der Waals surface area contributed by atoms with Crippen molar-refractivity contribution in [1.82, 2.24) is 0 Å². The Bertz CT molecular complexity index is 283. The molecule has 1 N–H and O–H groups in total. The van der Waals surface area contributed by atoms with Crippen molar-refractivity contribution >= 4 is 6.21 Å². The molecule has 0 aliphatic rings. The highest BCUT2D eigenvalue weighted by Crippen LogP contribution is 2.06. The summed E-state index contributed by atoms with van der Waals surface area (Å²) < 4.78 is 12.8. The maximum absolute atomic E-state index is 12.8. The van der Waals surface area contributed by atoms with Crippen LogP contribution in [0.15, 0.2) is 23.4 Å². The SMILES string of the molecule is Cc1ccc(/C=N\O)cc1F. The van der Waals surface area contributed by atoms with Gasteiger partial charge in [-0.3, -0.25) is 0 Å². The van der Waals surface area contributed by atoms with Crippen LogP contribution in [0.2, 0.25) is 0 Å². The Kier molecular flexibility index (Phi) is 2.21. The third-order valence-corrected chi connectivity index (χ3v) is 1.40. The van der Waals surface area contributed by atoms with Crippen molar-refractivity contribution in [2.75, 3.05) is 0 Å². The van der Waals surface area contributed by atoms with Crippen LogP contribution in [0.4, 0.5) is 4.39 Å². The highest BCUT2D eigenvalue weighted by atomic mass is 19.1. The Morgan fingerprint density at radius 1 is 1.55 bits per heavy atom. The van der Waals surface area contributed by atoms with Crippen molar-refractivity contribution in [3.8, 4) is 0 Å². The first kappa shape index (κ1) is 7.72. The van der Waals surface area contributed by atoms with Crippen LogP contribution in [-0.4, -0.2) is 11.4 Å². The average molecular weight is 153 g/mol. The second-order valence-corrected chi connectivity index (χ2v) is 2.25. The van der Waals surface area contributed by atoms with Crippen LogP contribution in [-0.2, 0) is 0 Å². The summed E-state index contributed by atoms with van der Waals surface area (Å²) in [6.07, 6.45) is 1.18. The molecule has 0 spiro atoms. The molecule has 1 aromatic carbocycles. The molecule has 0 saturated heterocycles. The van der Waals surface area contributed by atoms with Crippen LogP contribution in [0.3, 0.4) is 0 Å². The highest BCUT2D eigenvalue weighted by Gasteiger charge is 1.96. The minimum Gasteiger partial charge on any atom is -0.411 e. The van der Waals surface area contributed by atoms with Gasteiger partial charge in [-0.15, -0.1) is 0 Å².